The maximum Gasteiger partial charge on any atom is 0.257 e. The lowest BCUT2D eigenvalue weighted by atomic mass is 10.1. The molecule has 0 aliphatic carbocycles. The van der Waals surface area contributed by atoms with Crippen LogP contribution in [-0.2, 0) is 6.54 Å². The normalized spacial score (nSPS) is 10.4. The number of hydrogen-bond donors (Lipinski definition) is 1. The molecule has 0 aliphatic heterocycles. The first-order chi connectivity index (χ1) is 10.1. The molecule has 0 unspecified atom stereocenters. The number of carbonyl (C=O) groups excluding carboxylic acids is 1. The van der Waals surface area contributed by atoms with Gasteiger partial charge in [-0.15, -0.1) is 0 Å². The van der Waals surface area contributed by atoms with Gasteiger partial charge in [-0.1, -0.05) is 25.1 Å². The van der Waals surface area contributed by atoms with E-state index >= 15 is 0 Å². The zero-order valence-electron chi connectivity index (χ0n) is 11.9. The zero-order valence-corrected chi connectivity index (χ0v) is 11.9. The van der Waals surface area contributed by atoms with Gasteiger partial charge in [-0.05, 0) is 24.1 Å². The number of aromatic nitrogens is 1. The lowest BCUT2D eigenvalue weighted by Crippen LogP contribution is -2.32. The van der Waals surface area contributed by atoms with Crippen molar-refractivity contribution in [3.05, 3.63) is 59.7 Å². The Hall–Kier alpha value is -2.43. The predicted molar refractivity (Wildman–Crippen MR) is 80.1 cm³/mol. The van der Waals surface area contributed by atoms with Crippen molar-refractivity contribution in [2.24, 2.45) is 0 Å². The molecule has 0 radical (unpaired) electrons. The van der Waals surface area contributed by atoms with Gasteiger partial charge in [0.15, 0.2) is 5.82 Å². The minimum absolute atomic E-state index is 0.0351. The van der Waals surface area contributed by atoms with Crippen LogP contribution in [0.2, 0.25) is 0 Å². The number of nitrogen functional groups attached to an aromatic ring is 1. The highest BCUT2D eigenvalue weighted by Crippen LogP contribution is 2.16. The topological polar surface area (TPSA) is 59.2 Å². The van der Waals surface area contributed by atoms with E-state index in [1.807, 2.05) is 25.1 Å². The molecule has 21 heavy (non-hydrogen) atoms. The van der Waals surface area contributed by atoms with Gasteiger partial charge in [0.05, 0.1) is 11.8 Å². The van der Waals surface area contributed by atoms with Crippen LogP contribution in [0, 0.1) is 5.82 Å². The molecule has 1 amide bonds. The van der Waals surface area contributed by atoms with E-state index < -0.39 is 5.82 Å². The standard InChI is InChI=1S/C16H18FN3O/c1-2-9-20(11-12-5-3-4-6-15(12)18)16(21)13-7-8-19-10-14(13)17/h3-8,10H,2,9,11,18H2,1H3. The number of pyridine rings is 1. The van der Waals surface area contributed by atoms with Crippen molar-refractivity contribution < 1.29 is 9.18 Å². The summed E-state index contributed by atoms with van der Waals surface area (Å²) in [7, 11) is 0. The number of carbonyl (C=O) groups is 1. The van der Waals surface area contributed by atoms with Crippen LogP contribution in [0.25, 0.3) is 0 Å². The van der Waals surface area contributed by atoms with Crippen molar-refractivity contribution in [1.29, 1.82) is 0 Å². The number of anilines is 1. The molecule has 2 N–H and O–H groups in total. The number of hydrogen-bond acceptors (Lipinski definition) is 3. The van der Waals surface area contributed by atoms with Crippen molar-refractivity contribution in [1.82, 2.24) is 9.88 Å². The van der Waals surface area contributed by atoms with Gasteiger partial charge in [0, 0.05) is 25.0 Å². The van der Waals surface area contributed by atoms with Gasteiger partial charge in [0.2, 0.25) is 0 Å². The van der Waals surface area contributed by atoms with E-state index in [9.17, 15) is 9.18 Å². The Morgan fingerprint density at radius 2 is 2.10 bits per heavy atom. The van der Waals surface area contributed by atoms with Gasteiger partial charge in [0.25, 0.3) is 5.91 Å². The Morgan fingerprint density at radius 1 is 1.33 bits per heavy atom. The van der Waals surface area contributed by atoms with Crippen LogP contribution in [-0.4, -0.2) is 22.3 Å². The van der Waals surface area contributed by atoms with Crippen LogP contribution in [0.5, 0.6) is 0 Å². The van der Waals surface area contributed by atoms with Crippen molar-refractivity contribution in [3.63, 3.8) is 0 Å². The molecule has 4 nitrogen and oxygen atoms in total. The fourth-order valence-corrected chi connectivity index (χ4v) is 2.13. The first-order valence-electron chi connectivity index (χ1n) is 6.85. The number of benzene rings is 1. The summed E-state index contributed by atoms with van der Waals surface area (Å²) in [5.41, 5.74) is 7.43. The summed E-state index contributed by atoms with van der Waals surface area (Å²) in [6, 6.07) is 8.76. The first kappa shape index (κ1) is 15.0. The fraction of sp³-hybridized carbons (Fsp3) is 0.250. The second-order valence-corrected chi connectivity index (χ2v) is 4.78. The largest absolute Gasteiger partial charge is 0.398 e. The lowest BCUT2D eigenvalue weighted by Gasteiger charge is -2.23. The minimum atomic E-state index is -0.607. The van der Waals surface area contributed by atoms with E-state index in [0.29, 0.717) is 18.8 Å². The van der Waals surface area contributed by atoms with Crippen molar-refractivity contribution >= 4 is 11.6 Å². The molecule has 0 bridgehead atoms. The molecule has 0 fully saturated rings. The summed E-state index contributed by atoms with van der Waals surface area (Å²) in [5, 5.41) is 0. The lowest BCUT2D eigenvalue weighted by molar-refractivity contribution is 0.0738. The SMILES string of the molecule is CCCN(Cc1ccccc1N)C(=O)c1ccncc1F. The molecule has 110 valence electrons. The number of rotatable bonds is 5. The maximum absolute atomic E-state index is 13.7. The van der Waals surface area contributed by atoms with Crippen LogP contribution < -0.4 is 5.73 Å². The van der Waals surface area contributed by atoms with Gasteiger partial charge in [-0.3, -0.25) is 9.78 Å². The average molecular weight is 287 g/mol. The minimum Gasteiger partial charge on any atom is -0.398 e. The smallest absolute Gasteiger partial charge is 0.257 e. The molecule has 1 aromatic carbocycles. The molecule has 0 atom stereocenters. The highest BCUT2D eigenvalue weighted by Gasteiger charge is 2.19. The Labute approximate surface area is 123 Å². The molecule has 0 spiro atoms. The number of para-hydroxylation sites is 1. The van der Waals surface area contributed by atoms with E-state index in [0.717, 1.165) is 18.2 Å². The highest BCUT2D eigenvalue weighted by molar-refractivity contribution is 5.94. The Balaban J connectivity index is 2.25. The summed E-state index contributed by atoms with van der Waals surface area (Å²) in [6.45, 7) is 2.87. The van der Waals surface area contributed by atoms with E-state index in [1.54, 1.807) is 11.0 Å². The second-order valence-electron chi connectivity index (χ2n) is 4.78. The van der Waals surface area contributed by atoms with Crippen molar-refractivity contribution in [2.75, 3.05) is 12.3 Å². The zero-order chi connectivity index (χ0) is 15.2. The molecule has 2 aromatic rings. The molecular weight excluding hydrogens is 269 g/mol. The molecular formula is C16H18FN3O. The highest BCUT2D eigenvalue weighted by atomic mass is 19.1. The average Bonchev–Trinajstić information content (AvgIpc) is 2.49. The third-order valence-corrected chi connectivity index (χ3v) is 3.20. The fourth-order valence-electron chi connectivity index (χ4n) is 2.13. The summed E-state index contributed by atoms with van der Waals surface area (Å²) in [5.74, 6) is -0.954. The Morgan fingerprint density at radius 3 is 2.76 bits per heavy atom. The van der Waals surface area contributed by atoms with Crippen LogP contribution in [0.4, 0.5) is 10.1 Å². The molecule has 5 heteroatoms. The third kappa shape index (κ3) is 3.56. The van der Waals surface area contributed by atoms with Crippen molar-refractivity contribution in [2.45, 2.75) is 19.9 Å². The Kier molecular flexibility index (Phi) is 4.87. The number of nitrogens with zero attached hydrogens (tertiary/aromatic N) is 2. The summed E-state index contributed by atoms with van der Waals surface area (Å²) in [4.78, 5) is 17.8. The van der Waals surface area contributed by atoms with Crippen LogP contribution in [0.1, 0.15) is 29.3 Å². The van der Waals surface area contributed by atoms with E-state index in [2.05, 4.69) is 4.98 Å². The number of halogens is 1. The molecule has 1 aromatic heterocycles. The quantitative estimate of drug-likeness (QED) is 0.860. The third-order valence-electron chi connectivity index (χ3n) is 3.20. The van der Waals surface area contributed by atoms with E-state index in [-0.39, 0.29) is 11.5 Å². The van der Waals surface area contributed by atoms with Crippen molar-refractivity contribution in [3.8, 4) is 0 Å². The monoisotopic (exact) mass is 287 g/mol. The van der Waals surface area contributed by atoms with Gasteiger partial charge in [0.1, 0.15) is 0 Å². The van der Waals surface area contributed by atoms with Crippen LogP contribution in [0.15, 0.2) is 42.7 Å². The van der Waals surface area contributed by atoms with Gasteiger partial charge in [-0.25, -0.2) is 4.39 Å². The number of nitrogens with two attached hydrogens (primary N) is 1. The van der Waals surface area contributed by atoms with E-state index in [1.165, 1.54) is 12.3 Å². The Bertz CT molecular complexity index is 630. The second kappa shape index (κ2) is 6.83. The molecule has 2 rings (SSSR count). The van der Waals surface area contributed by atoms with E-state index in [4.69, 9.17) is 5.73 Å². The maximum atomic E-state index is 13.7. The first-order valence-corrected chi connectivity index (χ1v) is 6.85. The summed E-state index contributed by atoms with van der Waals surface area (Å²) < 4.78 is 13.7. The van der Waals surface area contributed by atoms with Crippen LogP contribution >= 0.6 is 0 Å². The van der Waals surface area contributed by atoms with Gasteiger partial charge >= 0.3 is 0 Å². The molecule has 0 saturated heterocycles. The molecule has 1 heterocycles. The van der Waals surface area contributed by atoms with Gasteiger partial charge < -0.3 is 10.6 Å². The predicted octanol–water partition coefficient (Wildman–Crippen LogP) is 2.86. The number of amides is 1. The summed E-state index contributed by atoms with van der Waals surface area (Å²) >= 11 is 0. The molecule has 0 aliphatic rings. The molecule has 0 saturated carbocycles. The van der Waals surface area contributed by atoms with Crippen LogP contribution in [0.3, 0.4) is 0 Å². The van der Waals surface area contributed by atoms with Gasteiger partial charge in [-0.2, -0.15) is 0 Å². The summed E-state index contributed by atoms with van der Waals surface area (Å²) in [6.07, 6.45) is 3.25.